The zero-order valence-electron chi connectivity index (χ0n) is 15.7. The molecule has 0 unspecified atom stereocenters. The van der Waals surface area contributed by atoms with Crippen molar-refractivity contribution in [3.63, 3.8) is 0 Å². The van der Waals surface area contributed by atoms with E-state index < -0.39 is 0 Å². The van der Waals surface area contributed by atoms with Crippen LogP contribution in [0.4, 0.5) is 0 Å². The predicted octanol–water partition coefficient (Wildman–Crippen LogP) is 4.50. The van der Waals surface area contributed by atoms with Crippen molar-refractivity contribution in [3.05, 3.63) is 63.9 Å². The number of aryl methyl sites for hydroxylation is 1. The molecular formula is C21H23ClN4O. The molecule has 6 heteroatoms. The number of pyridine rings is 2. The molecule has 0 atom stereocenters. The van der Waals surface area contributed by atoms with Gasteiger partial charge in [0, 0.05) is 42.5 Å². The molecule has 0 bridgehead atoms. The second kappa shape index (κ2) is 6.97. The highest BCUT2D eigenvalue weighted by atomic mass is 35.5. The molecule has 27 heavy (non-hydrogen) atoms. The van der Waals surface area contributed by atoms with Crippen LogP contribution in [0.15, 0.2) is 47.7 Å². The quantitative estimate of drug-likeness (QED) is 0.630. The summed E-state index contributed by atoms with van der Waals surface area (Å²) in [5, 5.41) is 5.31. The Hall–Kier alpha value is -2.40. The minimum atomic E-state index is 0.000159. The van der Waals surface area contributed by atoms with Crippen LogP contribution in [0, 0.1) is 5.41 Å². The number of nitrogens with zero attached hydrogens (tertiary/aromatic N) is 4. The summed E-state index contributed by atoms with van der Waals surface area (Å²) in [4.78, 5) is 16.5. The van der Waals surface area contributed by atoms with E-state index in [1.54, 1.807) is 21.4 Å². The third-order valence-corrected chi connectivity index (χ3v) is 5.50. The van der Waals surface area contributed by atoms with Gasteiger partial charge in [-0.25, -0.2) is 4.68 Å². The SMILES string of the molecule is CCCn1cc(-n2ccc(-c3cnc(CC4(C)CC4)cc3Cl)n2)ccc1=O. The maximum Gasteiger partial charge on any atom is 0.250 e. The molecule has 3 aromatic rings. The maximum absolute atomic E-state index is 11.9. The fourth-order valence-corrected chi connectivity index (χ4v) is 3.54. The van der Waals surface area contributed by atoms with Crippen molar-refractivity contribution in [1.82, 2.24) is 19.3 Å². The molecular weight excluding hydrogens is 360 g/mol. The lowest BCUT2D eigenvalue weighted by molar-refractivity contribution is 0.561. The van der Waals surface area contributed by atoms with Crippen molar-refractivity contribution < 1.29 is 0 Å². The monoisotopic (exact) mass is 382 g/mol. The standard InChI is InChI=1S/C21H23ClN4O/c1-3-9-25-14-16(4-5-20(25)27)26-10-6-19(24-26)17-13-23-15(11-18(17)22)12-21(2)7-8-21/h4-6,10-11,13-14H,3,7-9,12H2,1-2H3. The van der Waals surface area contributed by atoms with E-state index in [9.17, 15) is 4.79 Å². The lowest BCUT2D eigenvalue weighted by atomic mass is 10.0. The molecule has 0 N–H and O–H groups in total. The number of halogens is 1. The molecule has 0 saturated heterocycles. The molecule has 0 radical (unpaired) electrons. The van der Waals surface area contributed by atoms with Gasteiger partial charge in [-0.2, -0.15) is 5.10 Å². The summed E-state index contributed by atoms with van der Waals surface area (Å²) in [6.07, 6.45) is 9.93. The Labute approximate surface area is 163 Å². The molecule has 1 fully saturated rings. The summed E-state index contributed by atoms with van der Waals surface area (Å²) in [5.41, 5.74) is 3.87. The first-order chi connectivity index (χ1) is 13.0. The average Bonchev–Trinajstić information content (AvgIpc) is 3.16. The predicted molar refractivity (Wildman–Crippen MR) is 107 cm³/mol. The van der Waals surface area contributed by atoms with Gasteiger partial charge in [0.1, 0.15) is 0 Å². The van der Waals surface area contributed by atoms with E-state index in [0.29, 0.717) is 17.0 Å². The minimum absolute atomic E-state index is 0.000159. The van der Waals surface area contributed by atoms with Crippen LogP contribution in [0.25, 0.3) is 16.9 Å². The van der Waals surface area contributed by atoms with Crippen molar-refractivity contribution in [1.29, 1.82) is 0 Å². The van der Waals surface area contributed by atoms with Crippen LogP contribution in [-0.4, -0.2) is 19.3 Å². The Kier molecular flexibility index (Phi) is 4.64. The summed E-state index contributed by atoms with van der Waals surface area (Å²) in [6.45, 7) is 5.03. The number of rotatable bonds is 6. The van der Waals surface area contributed by atoms with E-state index in [4.69, 9.17) is 11.6 Å². The number of hydrogen-bond donors (Lipinski definition) is 0. The third-order valence-electron chi connectivity index (χ3n) is 5.18. The zero-order chi connectivity index (χ0) is 19.0. The van der Waals surface area contributed by atoms with E-state index in [-0.39, 0.29) is 5.56 Å². The Balaban J connectivity index is 1.61. The maximum atomic E-state index is 11.9. The van der Waals surface area contributed by atoms with Gasteiger partial charge in [-0.1, -0.05) is 25.4 Å². The van der Waals surface area contributed by atoms with Crippen LogP contribution in [0.1, 0.15) is 38.8 Å². The van der Waals surface area contributed by atoms with Crippen molar-refractivity contribution in [3.8, 4) is 16.9 Å². The van der Waals surface area contributed by atoms with E-state index in [1.807, 2.05) is 37.6 Å². The van der Waals surface area contributed by atoms with Gasteiger partial charge in [-0.3, -0.25) is 9.78 Å². The molecule has 140 valence electrons. The smallest absolute Gasteiger partial charge is 0.250 e. The van der Waals surface area contributed by atoms with Gasteiger partial charge in [0.05, 0.1) is 16.4 Å². The van der Waals surface area contributed by atoms with E-state index in [1.165, 1.54) is 12.8 Å². The molecule has 3 heterocycles. The number of aromatic nitrogens is 4. The van der Waals surface area contributed by atoms with Crippen molar-refractivity contribution in [2.45, 2.75) is 46.1 Å². The van der Waals surface area contributed by atoms with Crippen LogP contribution in [-0.2, 0) is 13.0 Å². The van der Waals surface area contributed by atoms with Crippen molar-refractivity contribution >= 4 is 11.6 Å². The van der Waals surface area contributed by atoms with E-state index >= 15 is 0 Å². The Morgan fingerprint density at radius 2 is 2.07 bits per heavy atom. The zero-order valence-corrected chi connectivity index (χ0v) is 16.4. The van der Waals surface area contributed by atoms with Gasteiger partial charge < -0.3 is 4.57 Å². The lowest BCUT2D eigenvalue weighted by Gasteiger charge is -2.09. The van der Waals surface area contributed by atoms with Gasteiger partial charge in [0.2, 0.25) is 0 Å². The molecule has 1 aliphatic carbocycles. The fraction of sp³-hybridized carbons (Fsp3) is 0.381. The van der Waals surface area contributed by atoms with Gasteiger partial charge >= 0.3 is 0 Å². The second-order valence-electron chi connectivity index (χ2n) is 7.71. The fourth-order valence-electron chi connectivity index (χ4n) is 3.26. The van der Waals surface area contributed by atoms with Crippen LogP contribution < -0.4 is 5.56 Å². The summed E-state index contributed by atoms with van der Waals surface area (Å²) < 4.78 is 3.47. The Morgan fingerprint density at radius 3 is 2.78 bits per heavy atom. The highest BCUT2D eigenvalue weighted by molar-refractivity contribution is 6.33. The first-order valence-corrected chi connectivity index (χ1v) is 9.77. The third kappa shape index (κ3) is 3.83. The van der Waals surface area contributed by atoms with Gasteiger partial charge in [0.15, 0.2) is 0 Å². The summed E-state index contributed by atoms with van der Waals surface area (Å²) in [5.74, 6) is 0. The van der Waals surface area contributed by atoms with Gasteiger partial charge in [-0.15, -0.1) is 0 Å². The number of hydrogen-bond acceptors (Lipinski definition) is 3. The van der Waals surface area contributed by atoms with Crippen LogP contribution in [0.5, 0.6) is 0 Å². The summed E-state index contributed by atoms with van der Waals surface area (Å²) in [7, 11) is 0. The molecule has 4 rings (SSSR count). The van der Waals surface area contributed by atoms with Crippen LogP contribution >= 0.6 is 11.6 Å². The van der Waals surface area contributed by atoms with Crippen LogP contribution in [0.3, 0.4) is 0 Å². The highest BCUT2D eigenvalue weighted by Crippen LogP contribution is 2.47. The molecule has 5 nitrogen and oxygen atoms in total. The first kappa shape index (κ1) is 18.0. The molecule has 0 aromatic carbocycles. The van der Waals surface area contributed by atoms with Gasteiger partial charge in [-0.05, 0) is 49.3 Å². The molecule has 3 aromatic heterocycles. The minimum Gasteiger partial charge on any atom is -0.313 e. The Morgan fingerprint density at radius 1 is 1.26 bits per heavy atom. The first-order valence-electron chi connectivity index (χ1n) is 9.39. The normalized spacial score (nSPS) is 15.1. The van der Waals surface area contributed by atoms with Crippen LogP contribution in [0.2, 0.25) is 5.02 Å². The van der Waals surface area contributed by atoms with E-state index in [2.05, 4.69) is 17.0 Å². The summed E-state index contributed by atoms with van der Waals surface area (Å²) >= 11 is 6.52. The second-order valence-corrected chi connectivity index (χ2v) is 8.11. The lowest BCUT2D eigenvalue weighted by Crippen LogP contribution is -2.19. The van der Waals surface area contributed by atoms with Crippen molar-refractivity contribution in [2.24, 2.45) is 5.41 Å². The topological polar surface area (TPSA) is 52.7 Å². The highest BCUT2D eigenvalue weighted by Gasteiger charge is 2.37. The average molecular weight is 383 g/mol. The Bertz CT molecular complexity index is 1030. The molecule has 0 amide bonds. The largest absolute Gasteiger partial charge is 0.313 e. The molecule has 0 aliphatic heterocycles. The van der Waals surface area contributed by atoms with Crippen molar-refractivity contribution in [2.75, 3.05) is 0 Å². The summed E-state index contributed by atoms with van der Waals surface area (Å²) in [6, 6.07) is 7.24. The van der Waals surface area contributed by atoms with Gasteiger partial charge in [0.25, 0.3) is 5.56 Å². The van der Waals surface area contributed by atoms with E-state index in [0.717, 1.165) is 35.5 Å². The molecule has 0 spiro atoms. The molecule has 1 saturated carbocycles. The molecule has 1 aliphatic rings.